The highest BCUT2D eigenvalue weighted by atomic mass is 32.1. The van der Waals surface area contributed by atoms with Crippen molar-refractivity contribution in [1.29, 1.82) is 0 Å². The molecule has 1 N–H and O–H groups in total. The smallest absolute Gasteiger partial charge is 0.168 e. The van der Waals surface area contributed by atoms with Crippen LogP contribution in [0.1, 0.15) is 12.0 Å². The second-order valence-electron chi connectivity index (χ2n) is 4.86. The first-order chi connectivity index (χ1) is 7.76. The minimum atomic E-state index is 0.405. The van der Waals surface area contributed by atoms with Gasteiger partial charge in [0.2, 0.25) is 0 Å². The van der Waals surface area contributed by atoms with Crippen molar-refractivity contribution in [1.82, 2.24) is 10.2 Å². The van der Waals surface area contributed by atoms with Gasteiger partial charge in [-0.1, -0.05) is 30.3 Å². The van der Waals surface area contributed by atoms with Crippen molar-refractivity contribution in [2.24, 2.45) is 5.92 Å². The number of piperidine rings is 1. The lowest BCUT2D eigenvalue weighted by Crippen LogP contribution is -2.38. The first-order valence-electron chi connectivity index (χ1n) is 5.78. The van der Waals surface area contributed by atoms with Gasteiger partial charge in [-0.25, -0.2) is 0 Å². The van der Waals surface area contributed by atoms with Crippen LogP contribution in [0.15, 0.2) is 30.3 Å². The molecule has 1 aliphatic heterocycles. The molecule has 0 aromatic heterocycles. The summed E-state index contributed by atoms with van der Waals surface area (Å²) in [5.74, 6) is 0.807. The maximum atomic E-state index is 5.30. The Morgan fingerprint density at radius 2 is 2.19 bits per heavy atom. The molecule has 0 bridgehead atoms. The fraction of sp³-hybridized carbons (Fsp3) is 0.462. The van der Waals surface area contributed by atoms with Gasteiger partial charge in [0.05, 0.1) is 0 Å². The third-order valence-electron chi connectivity index (χ3n) is 4.00. The Bertz CT molecular complexity index is 417. The zero-order valence-corrected chi connectivity index (χ0v) is 10.3. The molecule has 0 unspecified atom stereocenters. The molecule has 2 fully saturated rings. The van der Waals surface area contributed by atoms with E-state index in [1.54, 1.807) is 0 Å². The number of hydrogen-bond acceptors (Lipinski definition) is 1. The summed E-state index contributed by atoms with van der Waals surface area (Å²) in [6.45, 7) is 2.20. The highest BCUT2D eigenvalue weighted by molar-refractivity contribution is 7.80. The van der Waals surface area contributed by atoms with Crippen LogP contribution in [0, 0.1) is 5.92 Å². The van der Waals surface area contributed by atoms with Crippen LogP contribution in [0.2, 0.25) is 0 Å². The minimum absolute atomic E-state index is 0.405. The number of nitrogens with zero attached hydrogens (tertiary/aromatic N) is 1. The van der Waals surface area contributed by atoms with Gasteiger partial charge in [0.25, 0.3) is 0 Å². The average molecular weight is 232 g/mol. The Morgan fingerprint density at radius 3 is 2.88 bits per heavy atom. The first kappa shape index (κ1) is 10.1. The molecular weight excluding hydrogens is 216 g/mol. The Hall–Kier alpha value is -1.09. The molecule has 1 aliphatic carbocycles. The summed E-state index contributed by atoms with van der Waals surface area (Å²) in [4.78, 5) is 2.30. The summed E-state index contributed by atoms with van der Waals surface area (Å²) < 4.78 is 0. The summed E-state index contributed by atoms with van der Waals surface area (Å²) in [6, 6.07) is 10.9. The molecule has 16 heavy (non-hydrogen) atoms. The minimum Gasteiger partial charge on any atom is -0.366 e. The largest absolute Gasteiger partial charge is 0.366 e. The molecule has 1 heterocycles. The van der Waals surface area contributed by atoms with Gasteiger partial charge < -0.3 is 10.2 Å². The number of rotatable bonds is 1. The van der Waals surface area contributed by atoms with E-state index >= 15 is 0 Å². The van der Waals surface area contributed by atoms with E-state index in [9.17, 15) is 0 Å². The van der Waals surface area contributed by atoms with Gasteiger partial charge in [-0.15, -0.1) is 0 Å². The normalized spacial score (nSPS) is 31.1. The van der Waals surface area contributed by atoms with Crippen molar-refractivity contribution in [3.05, 3.63) is 35.9 Å². The summed E-state index contributed by atoms with van der Waals surface area (Å²) >= 11 is 5.30. The van der Waals surface area contributed by atoms with Gasteiger partial charge in [0, 0.05) is 25.6 Å². The van der Waals surface area contributed by atoms with Crippen LogP contribution in [0.3, 0.4) is 0 Å². The number of likely N-dealkylation sites (tertiary alicyclic amines) is 1. The number of benzene rings is 1. The van der Waals surface area contributed by atoms with Crippen molar-refractivity contribution in [3.8, 4) is 0 Å². The molecule has 0 radical (unpaired) electrons. The van der Waals surface area contributed by atoms with Gasteiger partial charge in [-0.05, 0) is 30.1 Å². The second kappa shape index (κ2) is 3.45. The SMILES string of the molecule is CNC(=S)N1C[C@@H]2C[C@]2(c2ccccc2)C1. The molecule has 2 atom stereocenters. The van der Waals surface area contributed by atoms with Crippen LogP contribution in [-0.2, 0) is 5.41 Å². The molecule has 3 heteroatoms. The van der Waals surface area contributed by atoms with Crippen LogP contribution in [0.4, 0.5) is 0 Å². The van der Waals surface area contributed by atoms with E-state index in [4.69, 9.17) is 12.2 Å². The number of fused-ring (bicyclic) bond motifs is 1. The fourth-order valence-corrected chi connectivity index (χ4v) is 3.15. The Morgan fingerprint density at radius 1 is 1.44 bits per heavy atom. The predicted octanol–water partition coefficient (Wildman–Crippen LogP) is 1.76. The van der Waals surface area contributed by atoms with Gasteiger partial charge in [0.15, 0.2) is 5.11 Å². The van der Waals surface area contributed by atoms with Crippen molar-refractivity contribution in [2.75, 3.05) is 20.1 Å². The van der Waals surface area contributed by atoms with Crippen molar-refractivity contribution >= 4 is 17.3 Å². The summed E-state index contributed by atoms with van der Waals surface area (Å²) in [5.41, 5.74) is 1.89. The number of thiocarbonyl (C=S) groups is 1. The summed E-state index contributed by atoms with van der Waals surface area (Å²) in [5, 5.41) is 3.97. The van der Waals surface area contributed by atoms with E-state index in [1.807, 2.05) is 7.05 Å². The Balaban J connectivity index is 1.82. The molecule has 0 spiro atoms. The third-order valence-corrected chi connectivity index (χ3v) is 4.46. The molecule has 2 nitrogen and oxygen atoms in total. The fourth-order valence-electron chi connectivity index (χ4n) is 3.01. The standard InChI is InChI=1S/C13H16N2S/c1-14-12(16)15-8-11-7-13(11,9-15)10-5-3-2-4-6-10/h2-6,11H,7-9H2,1H3,(H,14,16)/t11-,13+/m0/s1. The van der Waals surface area contributed by atoms with E-state index in [-0.39, 0.29) is 0 Å². The maximum absolute atomic E-state index is 5.30. The molecule has 0 amide bonds. The first-order valence-corrected chi connectivity index (χ1v) is 6.19. The molecule has 3 rings (SSSR count). The van der Waals surface area contributed by atoms with Crippen molar-refractivity contribution < 1.29 is 0 Å². The van der Waals surface area contributed by atoms with Crippen LogP contribution in [0.5, 0.6) is 0 Å². The van der Waals surface area contributed by atoms with Crippen LogP contribution >= 0.6 is 12.2 Å². The lowest BCUT2D eigenvalue weighted by molar-refractivity contribution is 0.443. The quantitative estimate of drug-likeness (QED) is 0.743. The molecule has 1 aromatic rings. The van der Waals surface area contributed by atoms with Gasteiger partial charge in [-0.2, -0.15) is 0 Å². The summed E-state index contributed by atoms with van der Waals surface area (Å²) in [7, 11) is 1.90. The highest BCUT2D eigenvalue weighted by Crippen LogP contribution is 2.58. The second-order valence-corrected chi connectivity index (χ2v) is 5.25. The number of nitrogens with one attached hydrogen (secondary N) is 1. The van der Waals surface area contributed by atoms with Crippen LogP contribution in [0.25, 0.3) is 0 Å². The predicted molar refractivity (Wildman–Crippen MR) is 69.5 cm³/mol. The lowest BCUT2D eigenvalue weighted by Gasteiger charge is -2.23. The molecule has 2 aliphatic rings. The van der Waals surface area contributed by atoms with Crippen molar-refractivity contribution in [3.63, 3.8) is 0 Å². The lowest BCUT2D eigenvalue weighted by atomic mass is 9.95. The summed E-state index contributed by atoms with van der Waals surface area (Å²) in [6.07, 6.45) is 1.33. The van der Waals surface area contributed by atoms with E-state index in [2.05, 4.69) is 40.5 Å². The molecule has 1 saturated heterocycles. The van der Waals surface area contributed by atoms with Gasteiger partial charge in [-0.3, -0.25) is 0 Å². The Kier molecular flexibility index (Phi) is 2.18. The van der Waals surface area contributed by atoms with Gasteiger partial charge >= 0.3 is 0 Å². The zero-order valence-electron chi connectivity index (χ0n) is 9.44. The van der Waals surface area contributed by atoms with E-state index in [0.717, 1.165) is 24.1 Å². The van der Waals surface area contributed by atoms with E-state index in [1.165, 1.54) is 12.0 Å². The topological polar surface area (TPSA) is 15.3 Å². The molecule has 84 valence electrons. The maximum Gasteiger partial charge on any atom is 0.168 e. The highest BCUT2D eigenvalue weighted by Gasteiger charge is 2.60. The van der Waals surface area contributed by atoms with Crippen LogP contribution in [-0.4, -0.2) is 30.1 Å². The Labute approximate surface area is 102 Å². The zero-order chi connectivity index (χ0) is 11.2. The third kappa shape index (κ3) is 1.34. The molecular formula is C13H16N2S. The van der Waals surface area contributed by atoms with E-state index < -0.39 is 0 Å². The van der Waals surface area contributed by atoms with Crippen molar-refractivity contribution in [2.45, 2.75) is 11.8 Å². The monoisotopic (exact) mass is 232 g/mol. The number of hydrogen-bond donors (Lipinski definition) is 1. The van der Waals surface area contributed by atoms with Crippen LogP contribution < -0.4 is 5.32 Å². The van der Waals surface area contributed by atoms with E-state index in [0.29, 0.717) is 5.41 Å². The average Bonchev–Trinajstić information content (AvgIpc) is 2.92. The molecule has 1 aromatic carbocycles. The molecule has 1 saturated carbocycles. The van der Waals surface area contributed by atoms with Gasteiger partial charge in [0.1, 0.15) is 0 Å².